The number of fused-ring (bicyclic) bond motifs is 1. The zero-order valence-corrected chi connectivity index (χ0v) is 13.9. The Bertz CT molecular complexity index is 463. The quantitative estimate of drug-likeness (QED) is 0.785. The minimum absolute atomic E-state index is 0. The van der Waals surface area contributed by atoms with Crippen LogP contribution in [0.2, 0.25) is 0 Å². The van der Waals surface area contributed by atoms with Crippen molar-refractivity contribution < 1.29 is 4.39 Å². The number of hydrogen-bond acceptors (Lipinski definition) is 3. The van der Waals surface area contributed by atoms with E-state index in [0.717, 1.165) is 63.3 Å². The van der Waals surface area contributed by atoms with Gasteiger partial charge < -0.3 is 10.6 Å². The van der Waals surface area contributed by atoms with Crippen LogP contribution in [0.5, 0.6) is 0 Å². The van der Waals surface area contributed by atoms with Crippen LogP contribution < -0.4 is 10.6 Å². The number of rotatable bonds is 6. The van der Waals surface area contributed by atoms with Crippen molar-refractivity contribution in [2.75, 3.05) is 25.0 Å². The van der Waals surface area contributed by atoms with Gasteiger partial charge in [0.25, 0.3) is 0 Å². The third kappa shape index (κ3) is 4.56. The van der Waals surface area contributed by atoms with Crippen LogP contribution in [0.3, 0.4) is 0 Å². The average molecular weight is 328 g/mol. The average Bonchev–Trinajstić information content (AvgIpc) is 3.06. The fourth-order valence-corrected chi connectivity index (χ4v) is 3.37. The molecule has 5 heteroatoms. The summed E-state index contributed by atoms with van der Waals surface area (Å²) in [5, 5.41) is 6.61. The van der Waals surface area contributed by atoms with Gasteiger partial charge in [0.15, 0.2) is 0 Å². The van der Waals surface area contributed by atoms with E-state index in [9.17, 15) is 4.39 Å². The number of hydrogen-bond donors (Lipinski definition) is 2. The highest BCUT2D eigenvalue weighted by molar-refractivity contribution is 5.85. The van der Waals surface area contributed by atoms with Gasteiger partial charge in [-0.3, -0.25) is 0 Å². The Morgan fingerprint density at radius 2 is 2.18 bits per heavy atom. The van der Waals surface area contributed by atoms with Gasteiger partial charge in [-0.1, -0.05) is 12.5 Å². The van der Waals surface area contributed by atoms with E-state index in [1.165, 1.54) is 12.0 Å². The third-order valence-electron chi connectivity index (χ3n) is 4.72. The summed E-state index contributed by atoms with van der Waals surface area (Å²) in [7, 11) is 0. The van der Waals surface area contributed by atoms with Gasteiger partial charge in [-0.15, -0.1) is 12.4 Å². The highest BCUT2D eigenvalue weighted by Gasteiger charge is 2.23. The van der Waals surface area contributed by atoms with Gasteiger partial charge in [-0.05, 0) is 56.7 Å². The number of anilines is 1. The Hall–Kier alpha value is -0.870. The lowest BCUT2D eigenvalue weighted by atomic mass is 9.97. The van der Waals surface area contributed by atoms with Crippen LogP contribution in [0.15, 0.2) is 12.1 Å². The van der Waals surface area contributed by atoms with Crippen LogP contribution in [-0.4, -0.2) is 30.8 Å². The van der Waals surface area contributed by atoms with E-state index in [2.05, 4.69) is 22.8 Å². The van der Waals surface area contributed by atoms with Gasteiger partial charge in [0.1, 0.15) is 12.0 Å². The van der Waals surface area contributed by atoms with Crippen LogP contribution >= 0.6 is 12.4 Å². The molecule has 1 unspecified atom stereocenters. The number of nitrogens with zero attached hydrogens (tertiary/aromatic N) is 1. The maximum atomic E-state index is 14.0. The van der Waals surface area contributed by atoms with Crippen LogP contribution in [0.25, 0.3) is 0 Å². The lowest BCUT2D eigenvalue weighted by molar-refractivity contribution is 0.221. The molecule has 2 N–H and O–H groups in total. The zero-order valence-electron chi connectivity index (χ0n) is 13.1. The van der Waals surface area contributed by atoms with Crippen LogP contribution in [0, 0.1) is 5.92 Å². The normalized spacial score (nSPS) is 21.6. The standard InChI is InChI=1S/C17H26FN3.ClH/c18-16(14-9-11-19-12-14)6-2-1-5-15-8-7-13-4-3-10-20-17(13)21-15;/h7-8,14,16,19H,1-6,9-12H2,(H,20,21);1H/t14-,16?;/m1./s1. The molecule has 1 aromatic rings. The predicted octanol–water partition coefficient (Wildman–Crippen LogP) is 3.52. The molecule has 2 aliphatic rings. The van der Waals surface area contributed by atoms with Gasteiger partial charge in [0.05, 0.1) is 0 Å². The molecule has 22 heavy (non-hydrogen) atoms. The van der Waals surface area contributed by atoms with Crippen molar-refractivity contribution in [1.82, 2.24) is 10.3 Å². The van der Waals surface area contributed by atoms with E-state index in [1.807, 2.05) is 0 Å². The van der Waals surface area contributed by atoms with E-state index in [-0.39, 0.29) is 18.3 Å². The molecule has 0 radical (unpaired) electrons. The number of aromatic nitrogens is 1. The Kier molecular flexibility index (Phi) is 6.90. The summed E-state index contributed by atoms with van der Waals surface area (Å²) in [6.45, 7) is 2.87. The lowest BCUT2D eigenvalue weighted by Crippen LogP contribution is -2.19. The Labute approximate surface area is 138 Å². The SMILES string of the molecule is Cl.FC(CCCCc1ccc2c(n1)NCCC2)[C@@H]1CCNC1. The Morgan fingerprint density at radius 3 is 3.00 bits per heavy atom. The summed E-state index contributed by atoms with van der Waals surface area (Å²) in [6.07, 6.45) is 6.37. The molecule has 3 rings (SSSR count). The molecule has 2 atom stereocenters. The summed E-state index contributed by atoms with van der Waals surface area (Å²) < 4.78 is 14.0. The second kappa shape index (κ2) is 8.68. The molecule has 3 heterocycles. The van der Waals surface area contributed by atoms with Crippen LogP contribution in [-0.2, 0) is 12.8 Å². The maximum Gasteiger partial charge on any atom is 0.129 e. The Balaban J connectivity index is 0.00000176. The van der Waals surface area contributed by atoms with Crippen molar-refractivity contribution in [3.8, 4) is 0 Å². The molecule has 0 aliphatic carbocycles. The number of alkyl halides is 1. The molecular formula is C17H27ClFN3. The summed E-state index contributed by atoms with van der Waals surface area (Å²) in [5.74, 6) is 1.32. The molecule has 1 fully saturated rings. The fraction of sp³-hybridized carbons (Fsp3) is 0.706. The van der Waals surface area contributed by atoms with E-state index < -0.39 is 6.17 Å². The van der Waals surface area contributed by atoms with Gasteiger partial charge in [0, 0.05) is 24.7 Å². The fourth-order valence-electron chi connectivity index (χ4n) is 3.37. The van der Waals surface area contributed by atoms with E-state index >= 15 is 0 Å². The molecule has 0 aromatic carbocycles. The smallest absolute Gasteiger partial charge is 0.129 e. The van der Waals surface area contributed by atoms with Crippen molar-refractivity contribution in [2.24, 2.45) is 5.92 Å². The van der Waals surface area contributed by atoms with E-state index in [4.69, 9.17) is 4.98 Å². The number of halogens is 2. The second-order valence-electron chi connectivity index (χ2n) is 6.36. The number of pyridine rings is 1. The topological polar surface area (TPSA) is 37.0 Å². The molecular weight excluding hydrogens is 301 g/mol. The summed E-state index contributed by atoms with van der Waals surface area (Å²) >= 11 is 0. The van der Waals surface area contributed by atoms with E-state index in [0.29, 0.717) is 6.42 Å². The minimum atomic E-state index is -0.627. The van der Waals surface area contributed by atoms with Gasteiger partial charge >= 0.3 is 0 Å². The predicted molar refractivity (Wildman–Crippen MR) is 91.7 cm³/mol. The largest absolute Gasteiger partial charge is 0.370 e. The highest BCUT2D eigenvalue weighted by Crippen LogP contribution is 2.22. The first-order chi connectivity index (χ1) is 10.3. The summed E-state index contributed by atoms with van der Waals surface area (Å²) in [5.41, 5.74) is 2.48. The van der Waals surface area contributed by atoms with Crippen molar-refractivity contribution in [2.45, 2.75) is 51.1 Å². The van der Waals surface area contributed by atoms with Crippen LogP contribution in [0.1, 0.15) is 43.4 Å². The number of aryl methyl sites for hydroxylation is 2. The maximum absolute atomic E-state index is 14.0. The highest BCUT2D eigenvalue weighted by atomic mass is 35.5. The molecule has 0 bridgehead atoms. The molecule has 0 spiro atoms. The minimum Gasteiger partial charge on any atom is -0.370 e. The van der Waals surface area contributed by atoms with Gasteiger partial charge in [-0.2, -0.15) is 0 Å². The van der Waals surface area contributed by atoms with Crippen LogP contribution in [0.4, 0.5) is 10.2 Å². The molecule has 2 aliphatic heterocycles. The molecule has 0 saturated carbocycles. The van der Waals surface area contributed by atoms with Gasteiger partial charge in [-0.25, -0.2) is 9.37 Å². The second-order valence-corrected chi connectivity index (χ2v) is 6.36. The van der Waals surface area contributed by atoms with Crippen molar-refractivity contribution >= 4 is 18.2 Å². The lowest BCUT2D eigenvalue weighted by Gasteiger charge is -2.17. The van der Waals surface area contributed by atoms with Crippen molar-refractivity contribution in [1.29, 1.82) is 0 Å². The first kappa shape index (κ1) is 17.5. The van der Waals surface area contributed by atoms with Crippen molar-refractivity contribution in [3.63, 3.8) is 0 Å². The molecule has 0 amide bonds. The van der Waals surface area contributed by atoms with E-state index in [1.54, 1.807) is 0 Å². The number of nitrogens with one attached hydrogen (secondary N) is 2. The number of unbranched alkanes of at least 4 members (excludes halogenated alkanes) is 1. The third-order valence-corrected chi connectivity index (χ3v) is 4.72. The first-order valence-corrected chi connectivity index (χ1v) is 8.40. The molecule has 1 aromatic heterocycles. The zero-order chi connectivity index (χ0) is 14.5. The molecule has 1 saturated heterocycles. The molecule has 124 valence electrons. The summed E-state index contributed by atoms with van der Waals surface area (Å²) in [4.78, 5) is 4.69. The molecule has 3 nitrogen and oxygen atoms in total. The van der Waals surface area contributed by atoms with Gasteiger partial charge in [0.2, 0.25) is 0 Å². The monoisotopic (exact) mass is 327 g/mol. The first-order valence-electron chi connectivity index (χ1n) is 8.40. The Morgan fingerprint density at radius 1 is 1.27 bits per heavy atom. The van der Waals surface area contributed by atoms with Crippen molar-refractivity contribution in [3.05, 3.63) is 23.4 Å². The summed E-state index contributed by atoms with van der Waals surface area (Å²) in [6, 6.07) is 4.34.